The van der Waals surface area contributed by atoms with E-state index in [9.17, 15) is 22.8 Å². The first-order chi connectivity index (χ1) is 7.54. The number of carbonyl (C=O) groups is 2. The van der Waals surface area contributed by atoms with Crippen LogP contribution >= 0.6 is 0 Å². The number of primary amides is 1. The van der Waals surface area contributed by atoms with Crippen molar-refractivity contribution in [3.8, 4) is 0 Å². The van der Waals surface area contributed by atoms with E-state index >= 15 is 0 Å². The van der Waals surface area contributed by atoms with Crippen LogP contribution in [-0.4, -0.2) is 40.0 Å². The Balaban J connectivity index is 4.78. The molecule has 0 saturated carbocycles. The number of aliphatic hydroxyl groups is 2. The van der Waals surface area contributed by atoms with Crippen LogP contribution in [0.25, 0.3) is 0 Å². The maximum atomic E-state index is 12.0. The summed E-state index contributed by atoms with van der Waals surface area (Å²) in [6.07, 6.45) is -5.20. The molecule has 0 spiro atoms. The van der Waals surface area contributed by atoms with Gasteiger partial charge in [-0.1, -0.05) is 13.3 Å². The summed E-state index contributed by atoms with van der Waals surface area (Å²) in [5.74, 6) is -7.74. The second-order valence-electron chi connectivity index (χ2n) is 3.39. The Morgan fingerprint density at radius 1 is 1.35 bits per heavy atom. The zero-order valence-electron chi connectivity index (χ0n) is 8.91. The first kappa shape index (κ1) is 15.7. The Bertz CT molecular complexity index is 304. The van der Waals surface area contributed by atoms with E-state index < -0.39 is 29.8 Å². The lowest BCUT2D eigenvalue weighted by Crippen LogP contribution is -2.60. The first-order valence-corrected chi connectivity index (χ1v) is 4.65. The Morgan fingerprint density at radius 2 is 1.82 bits per heavy atom. The monoisotopic (exact) mass is 258 g/mol. The molecule has 100 valence electrons. The fourth-order valence-electron chi connectivity index (χ4n) is 0.962. The molecule has 9 heteroatoms. The summed E-state index contributed by atoms with van der Waals surface area (Å²) in [4.78, 5) is 21.7. The summed E-state index contributed by atoms with van der Waals surface area (Å²) < 4.78 is 36.1. The van der Waals surface area contributed by atoms with Gasteiger partial charge in [0.15, 0.2) is 0 Å². The normalized spacial score (nSPS) is 14.2. The second kappa shape index (κ2) is 5.32. The first-order valence-electron chi connectivity index (χ1n) is 4.65. The quantitative estimate of drug-likeness (QED) is 0.474. The third-order valence-corrected chi connectivity index (χ3v) is 1.94. The number of carbonyl (C=O) groups excluding carboxylic acids is 2. The van der Waals surface area contributed by atoms with Gasteiger partial charge in [0.1, 0.15) is 6.04 Å². The predicted molar refractivity (Wildman–Crippen MR) is 49.3 cm³/mol. The molecular weight excluding hydrogens is 245 g/mol. The maximum absolute atomic E-state index is 12.0. The molecule has 0 aromatic carbocycles. The van der Waals surface area contributed by atoms with Crippen molar-refractivity contribution in [2.45, 2.75) is 37.8 Å². The van der Waals surface area contributed by atoms with Crippen molar-refractivity contribution < 1.29 is 33.0 Å². The average Bonchev–Trinajstić information content (AvgIpc) is 2.14. The smallest absolute Gasteiger partial charge is 0.368 e. The third kappa shape index (κ3) is 3.86. The van der Waals surface area contributed by atoms with Gasteiger partial charge in [-0.2, -0.15) is 13.2 Å². The number of halogens is 3. The summed E-state index contributed by atoms with van der Waals surface area (Å²) >= 11 is 0. The van der Waals surface area contributed by atoms with E-state index in [1.807, 2.05) is 0 Å². The highest BCUT2D eigenvalue weighted by molar-refractivity contribution is 5.90. The molecule has 5 N–H and O–H groups in total. The largest absolute Gasteiger partial charge is 0.453 e. The molecule has 0 aliphatic rings. The molecule has 0 aliphatic heterocycles. The third-order valence-electron chi connectivity index (χ3n) is 1.94. The maximum Gasteiger partial charge on any atom is 0.453 e. The number of hydrogen-bond donors (Lipinski definition) is 4. The fourth-order valence-corrected chi connectivity index (χ4v) is 0.962. The Labute approximate surface area is 94.6 Å². The summed E-state index contributed by atoms with van der Waals surface area (Å²) in [7, 11) is 0. The van der Waals surface area contributed by atoms with E-state index in [0.717, 1.165) is 0 Å². The van der Waals surface area contributed by atoms with Gasteiger partial charge in [-0.15, -0.1) is 0 Å². The molecule has 17 heavy (non-hydrogen) atoms. The summed E-state index contributed by atoms with van der Waals surface area (Å²) in [5, 5.41) is 18.7. The minimum absolute atomic E-state index is 0.00495. The van der Waals surface area contributed by atoms with Crippen LogP contribution in [-0.2, 0) is 9.59 Å². The Morgan fingerprint density at radius 3 is 2.12 bits per heavy atom. The van der Waals surface area contributed by atoms with Gasteiger partial charge >= 0.3 is 12.0 Å². The van der Waals surface area contributed by atoms with Crippen molar-refractivity contribution in [1.29, 1.82) is 0 Å². The highest BCUT2D eigenvalue weighted by Crippen LogP contribution is 2.28. The van der Waals surface area contributed by atoms with Crippen LogP contribution < -0.4 is 11.1 Å². The molecule has 1 unspecified atom stereocenters. The molecule has 0 rings (SSSR count). The van der Waals surface area contributed by atoms with Crippen molar-refractivity contribution in [3.05, 3.63) is 0 Å². The van der Waals surface area contributed by atoms with Crippen LogP contribution in [0.1, 0.15) is 19.8 Å². The van der Waals surface area contributed by atoms with Crippen LogP contribution in [0.2, 0.25) is 0 Å². The Hall–Kier alpha value is -1.35. The topological polar surface area (TPSA) is 113 Å². The fraction of sp³-hybridized carbons (Fsp3) is 0.750. The number of nitrogens with two attached hydrogens (primary N) is 1. The van der Waals surface area contributed by atoms with Crippen molar-refractivity contribution in [2.75, 3.05) is 0 Å². The highest BCUT2D eigenvalue weighted by Gasteiger charge is 2.59. The second-order valence-corrected chi connectivity index (χ2v) is 3.39. The lowest BCUT2D eigenvalue weighted by Gasteiger charge is -2.25. The molecule has 1 atom stereocenters. The van der Waals surface area contributed by atoms with Gasteiger partial charge in [0, 0.05) is 0 Å². The number of alkyl halides is 3. The number of rotatable bonds is 5. The van der Waals surface area contributed by atoms with Crippen molar-refractivity contribution >= 4 is 11.8 Å². The molecule has 0 aromatic rings. The standard InChI is InChI=1S/C8H13F3N2O4/c1-2-3-4(5(12)14)13-6(15)7(16,17)8(9,10)11/h4,16-17H,2-3H2,1H3,(H2,12,14)(H,13,15). The summed E-state index contributed by atoms with van der Waals surface area (Å²) in [6.45, 7) is 1.61. The molecule has 0 radical (unpaired) electrons. The predicted octanol–water partition coefficient (Wildman–Crippen LogP) is -1.00. The number of nitrogens with one attached hydrogen (secondary N) is 1. The zero-order chi connectivity index (χ0) is 13.9. The lowest BCUT2D eigenvalue weighted by atomic mass is 10.1. The van der Waals surface area contributed by atoms with Crippen molar-refractivity contribution in [1.82, 2.24) is 5.32 Å². The molecule has 6 nitrogen and oxygen atoms in total. The van der Waals surface area contributed by atoms with Gasteiger partial charge in [0.2, 0.25) is 5.91 Å². The molecule has 0 aliphatic carbocycles. The van der Waals surface area contributed by atoms with Crippen LogP contribution in [0.5, 0.6) is 0 Å². The molecular formula is C8H13F3N2O4. The van der Waals surface area contributed by atoms with E-state index in [1.165, 1.54) is 5.32 Å². The van der Waals surface area contributed by atoms with Gasteiger partial charge in [0.25, 0.3) is 5.91 Å². The highest BCUT2D eigenvalue weighted by atomic mass is 19.4. The number of hydrogen-bond acceptors (Lipinski definition) is 4. The zero-order valence-corrected chi connectivity index (χ0v) is 8.91. The van der Waals surface area contributed by atoms with E-state index in [-0.39, 0.29) is 6.42 Å². The molecule has 0 bridgehead atoms. The van der Waals surface area contributed by atoms with Gasteiger partial charge in [-0.3, -0.25) is 9.59 Å². The van der Waals surface area contributed by atoms with Gasteiger partial charge in [-0.05, 0) is 6.42 Å². The van der Waals surface area contributed by atoms with Crippen LogP contribution in [0.15, 0.2) is 0 Å². The van der Waals surface area contributed by atoms with Crippen molar-refractivity contribution in [3.63, 3.8) is 0 Å². The average molecular weight is 258 g/mol. The van der Waals surface area contributed by atoms with Crippen LogP contribution in [0.3, 0.4) is 0 Å². The SMILES string of the molecule is CCCC(NC(=O)C(O)(O)C(F)(F)F)C(N)=O. The molecule has 0 aromatic heterocycles. The number of amides is 2. The van der Waals surface area contributed by atoms with E-state index in [0.29, 0.717) is 6.42 Å². The lowest BCUT2D eigenvalue weighted by molar-refractivity contribution is -0.329. The van der Waals surface area contributed by atoms with E-state index in [2.05, 4.69) is 0 Å². The van der Waals surface area contributed by atoms with E-state index in [4.69, 9.17) is 15.9 Å². The minimum atomic E-state index is -5.56. The molecule has 0 fully saturated rings. The van der Waals surface area contributed by atoms with Crippen LogP contribution in [0, 0.1) is 0 Å². The summed E-state index contributed by atoms with van der Waals surface area (Å²) in [5.41, 5.74) is 4.83. The van der Waals surface area contributed by atoms with Gasteiger partial charge < -0.3 is 21.3 Å². The van der Waals surface area contributed by atoms with Crippen molar-refractivity contribution in [2.24, 2.45) is 5.73 Å². The van der Waals surface area contributed by atoms with Gasteiger partial charge in [-0.25, -0.2) is 0 Å². The molecule has 0 saturated heterocycles. The molecule has 2 amide bonds. The Kier molecular flexibility index (Phi) is 4.90. The van der Waals surface area contributed by atoms with Crippen LogP contribution in [0.4, 0.5) is 13.2 Å². The molecule has 0 heterocycles. The minimum Gasteiger partial charge on any atom is -0.368 e. The van der Waals surface area contributed by atoms with E-state index in [1.54, 1.807) is 6.92 Å². The van der Waals surface area contributed by atoms with Gasteiger partial charge in [0.05, 0.1) is 0 Å². The summed E-state index contributed by atoms with van der Waals surface area (Å²) in [6, 6.07) is -1.38.